The molecule has 9 heavy (non-hydrogen) atoms. The molecule has 0 fully saturated rings. The SMILES string of the molecule is C#CC(C)NC(=O)CCl. The van der Waals surface area contributed by atoms with E-state index in [4.69, 9.17) is 18.0 Å². The van der Waals surface area contributed by atoms with Crippen molar-refractivity contribution in [1.29, 1.82) is 0 Å². The zero-order valence-corrected chi connectivity index (χ0v) is 5.90. The molecule has 0 rings (SSSR count). The van der Waals surface area contributed by atoms with Crippen LogP contribution in [-0.4, -0.2) is 17.8 Å². The Labute approximate surface area is 59.6 Å². The average molecular weight is 146 g/mol. The molecule has 0 aliphatic heterocycles. The number of alkyl halides is 1. The molecule has 0 bridgehead atoms. The Kier molecular flexibility index (Phi) is 3.90. The maximum absolute atomic E-state index is 10.4. The molecular formula is C6H8ClNO. The Hall–Kier alpha value is -0.680. The molecule has 1 N–H and O–H groups in total. The predicted octanol–water partition coefficient (Wildman–Crippen LogP) is 0.363. The first kappa shape index (κ1) is 8.32. The predicted molar refractivity (Wildman–Crippen MR) is 37.2 cm³/mol. The van der Waals surface area contributed by atoms with Crippen LogP contribution in [-0.2, 0) is 4.79 Å². The lowest BCUT2D eigenvalue weighted by atomic mass is 10.3. The van der Waals surface area contributed by atoms with Gasteiger partial charge in [0.1, 0.15) is 5.88 Å². The molecule has 0 saturated heterocycles. The van der Waals surface area contributed by atoms with Gasteiger partial charge in [-0.1, -0.05) is 5.92 Å². The van der Waals surface area contributed by atoms with Gasteiger partial charge in [-0.2, -0.15) is 0 Å². The smallest absolute Gasteiger partial charge is 0.235 e. The lowest BCUT2D eigenvalue weighted by molar-refractivity contribution is -0.118. The highest BCUT2D eigenvalue weighted by molar-refractivity contribution is 6.27. The van der Waals surface area contributed by atoms with Crippen molar-refractivity contribution in [2.75, 3.05) is 5.88 Å². The molecule has 0 saturated carbocycles. The summed E-state index contributed by atoms with van der Waals surface area (Å²) in [7, 11) is 0. The maximum Gasteiger partial charge on any atom is 0.235 e. The molecule has 0 aliphatic rings. The van der Waals surface area contributed by atoms with Crippen molar-refractivity contribution in [1.82, 2.24) is 5.32 Å². The number of halogens is 1. The number of carbonyl (C=O) groups excluding carboxylic acids is 1. The third kappa shape index (κ3) is 3.87. The molecule has 1 amide bonds. The quantitative estimate of drug-likeness (QED) is 0.441. The van der Waals surface area contributed by atoms with Crippen LogP contribution in [0.5, 0.6) is 0 Å². The van der Waals surface area contributed by atoms with Gasteiger partial charge in [0, 0.05) is 0 Å². The lowest BCUT2D eigenvalue weighted by Crippen LogP contribution is -2.32. The summed E-state index contributed by atoms with van der Waals surface area (Å²) in [6.07, 6.45) is 4.97. The van der Waals surface area contributed by atoms with Gasteiger partial charge in [-0.25, -0.2) is 0 Å². The maximum atomic E-state index is 10.4. The Morgan fingerprint density at radius 3 is 2.89 bits per heavy atom. The summed E-state index contributed by atoms with van der Waals surface area (Å²) < 4.78 is 0. The first-order valence-electron chi connectivity index (χ1n) is 2.52. The van der Waals surface area contributed by atoms with Gasteiger partial charge < -0.3 is 5.32 Å². The summed E-state index contributed by atoms with van der Waals surface area (Å²) >= 11 is 5.17. The van der Waals surface area contributed by atoms with E-state index in [0.29, 0.717) is 0 Å². The largest absolute Gasteiger partial charge is 0.342 e. The molecular weight excluding hydrogens is 138 g/mol. The van der Waals surface area contributed by atoms with Gasteiger partial charge >= 0.3 is 0 Å². The number of hydrogen-bond acceptors (Lipinski definition) is 1. The topological polar surface area (TPSA) is 29.1 Å². The summed E-state index contributed by atoms with van der Waals surface area (Å²) in [5, 5.41) is 2.47. The molecule has 0 aliphatic carbocycles. The second-order valence-electron chi connectivity index (χ2n) is 1.59. The molecule has 0 aromatic carbocycles. The van der Waals surface area contributed by atoms with Crippen LogP contribution in [0.3, 0.4) is 0 Å². The molecule has 0 spiro atoms. The van der Waals surface area contributed by atoms with Gasteiger partial charge in [-0.15, -0.1) is 18.0 Å². The number of rotatable bonds is 2. The zero-order valence-electron chi connectivity index (χ0n) is 5.15. The third-order valence-corrected chi connectivity index (χ3v) is 0.992. The molecule has 1 unspecified atom stereocenters. The molecule has 3 heteroatoms. The van der Waals surface area contributed by atoms with Gasteiger partial charge in [-0.05, 0) is 6.92 Å². The minimum Gasteiger partial charge on any atom is -0.342 e. The zero-order chi connectivity index (χ0) is 7.28. The van der Waals surface area contributed by atoms with E-state index in [9.17, 15) is 4.79 Å². The number of amides is 1. The Morgan fingerprint density at radius 2 is 2.56 bits per heavy atom. The summed E-state index contributed by atoms with van der Waals surface area (Å²) in [5.41, 5.74) is 0. The molecule has 0 radical (unpaired) electrons. The molecule has 0 heterocycles. The van der Waals surface area contributed by atoms with Gasteiger partial charge in [-0.3, -0.25) is 4.79 Å². The van der Waals surface area contributed by atoms with Crippen LogP contribution in [0.25, 0.3) is 0 Å². The van der Waals surface area contributed by atoms with Crippen LogP contribution in [0.4, 0.5) is 0 Å². The van der Waals surface area contributed by atoms with E-state index in [2.05, 4.69) is 11.2 Å². The van der Waals surface area contributed by atoms with Crippen molar-refractivity contribution in [3.05, 3.63) is 0 Å². The molecule has 0 aromatic rings. The average Bonchev–Trinajstić information content (AvgIpc) is 1.87. The second kappa shape index (κ2) is 4.22. The highest BCUT2D eigenvalue weighted by Crippen LogP contribution is 1.79. The van der Waals surface area contributed by atoms with Crippen molar-refractivity contribution in [2.24, 2.45) is 0 Å². The monoisotopic (exact) mass is 145 g/mol. The van der Waals surface area contributed by atoms with Gasteiger partial charge in [0.15, 0.2) is 0 Å². The second-order valence-corrected chi connectivity index (χ2v) is 1.86. The number of terminal acetylenes is 1. The van der Waals surface area contributed by atoms with E-state index in [1.54, 1.807) is 6.92 Å². The van der Waals surface area contributed by atoms with Crippen molar-refractivity contribution in [2.45, 2.75) is 13.0 Å². The Balaban J connectivity index is 3.50. The van der Waals surface area contributed by atoms with Gasteiger partial charge in [0.2, 0.25) is 5.91 Å². The van der Waals surface area contributed by atoms with Crippen LogP contribution in [0.2, 0.25) is 0 Å². The normalized spacial score (nSPS) is 11.7. The molecule has 50 valence electrons. The van der Waals surface area contributed by atoms with E-state index in [1.165, 1.54) is 0 Å². The van der Waals surface area contributed by atoms with Gasteiger partial charge in [0.05, 0.1) is 6.04 Å². The summed E-state index contributed by atoms with van der Waals surface area (Å²) in [6, 6.07) is -0.226. The van der Waals surface area contributed by atoms with Crippen LogP contribution in [0.15, 0.2) is 0 Å². The highest BCUT2D eigenvalue weighted by atomic mass is 35.5. The number of carbonyl (C=O) groups is 1. The summed E-state index contributed by atoms with van der Waals surface area (Å²) in [5.74, 6) is 2.07. The lowest BCUT2D eigenvalue weighted by Gasteiger charge is -2.03. The highest BCUT2D eigenvalue weighted by Gasteiger charge is 2.00. The summed E-state index contributed by atoms with van der Waals surface area (Å²) in [6.45, 7) is 1.71. The van der Waals surface area contributed by atoms with E-state index in [-0.39, 0.29) is 17.8 Å². The van der Waals surface area contributed by atoms with Crippen LogP contribution < -0.4 is 5.32 Å². The number of hydrogen-bond donors (Lipinski definition) is 1. The van der Waals surface area contributed by atoms with Crippen LogP contribution in [0, 0.1) is 12.3 Å². The first-order chi connectivity index (χ1) is 4.20. The van der Waals surface area contributed by atoms with Crippen molar-refractivity contribution < 1.29 is 4.79 Å². The van der Waals surface area contributed by atoms with Crippen molar-refractivity contribution >= 4 is 17.5 Å². The van der Waals surface area contributed by atoms with Crippen LogP contribution in [0.1, 0.15) is 6.92 Å². The minimum absolute atomic E-state index is 0.0357. The Bertz CT molecular complexity index is 138. The van der Waals surface area contributed by atoms with E-state index >= 15 is 0 Å². The molecule has 1 atom stereocenters. The Morgan fingerprint density at radius 1 is 2.00 bits per heavy atom. The van der Waals surface area contributed by atoms with Crippen molar-refractivity contribution in [3.8, 4) is 12.3 Å². The van der Waals surface area contributed by atoms with E-state index in [0.717, 1.165) is 0 Å². The molecule has 0 aromatic heterocycles. The van der Waals surface area contributed by atoms with Crippen molar-refractivity contribution in [3.63, 3.8) is 0 Å². The van der Waals surface area contributed by atoms with E-state index < -0.39 is 0 Å². The number of nitrogens with one attached hydrogen (secondary N) is 1. The van der Waals surface area contributed by atoms with Gasteiger partial charge in [0.25, 0.3) is 0 Å². The van der Waals surface area contributed by atoms with E-state index in [1.807, 2.05) is 0 Å². The standard InChI is InChI=1S/C6H8ClNO/c1-3-5(2)8-6(9)4-7/h1,5H,4H2,2H3,(H,8,9). The van der Waals surface area contributed by atoms with Crippen LogP contribution >= 0.6 is 11.6 Å². The first-order valence-corrected chi connectivity index (χ1v) is 3.05. The fraction of sp³-hybridized carbons (Fsp3) is 0.500. The fourth-order valence-electron chi connectivity index (χ4n) is 0.322. The summed E-state index contributed by atoms with van der Waals surface area (Å²) in [4.78, 5) is 10.4. The third-order valence-electron chi connectivity index (χ3n) is 0.749. The molecule has 2 nitrogen and oxygen atoms in total. The minimum atomic E-state index is -0.234. The fourth-order valence-corrected chi connectivity index (χ4v) is 0.399.